The predicted molar refractivity (Wildman–Crippen MR) is 153 cm³/mol. The molecule has 1 unspecified atom stereocenters. The van der Waals surface area contributed by atoms with Crippen molar-refractivity contribution in [2.45, 2.75) is 48.3 Å². The zero-order chi connectivity index (χ0) is 30.9. The van der Waals surface area contributed by atoms with Gasteiger partial charge >= 0.3 is 0 Å². The van der Waals surface area contributed by atoms with Crippen molar-refractivity contribution in [3.63, 3.8) is 0 Å². The van der Waals surface area contributed by atoms with Crippen molar-refractivity contribution in [3.8, 4) is 0 Å². The van der Waals surface area contributed by atoms with E-state index in [0.29, 0.717) is 31.2 Å². The van der Waals surface area contributed by atoms with Crippen molar-refractivity contribution in [2.24, 2.45) is 0 Å². The van der Waals surface area contributed by atoms with E-state index in [0.717, 1.165) is 17.4 Å². The number of morpholine rings is 1. The number of carbonyl (C=O) groups excluding carboxylic acids is 4. The quantitative estimate of drug-likeness (QED) is 0.356. The number of ether oxygens (including phenoxy) is 1. The molecule has 0 aliphatic carbocycles. The second-order valence-corrected chi connectivity index (χ2v) is 14.1. The van der Waals surface area contributed by atoms with Gasteiger partial charge in [-0.05, 0) is 23.6 Å². The third kappa shape index (κ3) is 8.94. The summed E-state index contributed by atoms with van der Waals surface area (Å²) in [6.07, 6.45) is 0.395. The lowest BCUT2D eigenvalue weighted by Crippen LogP contribution is -2.52. The molecular weight excluding hydrogens is 586 g/mol. The van der Waals surface area contributed by atoms with Gasteiger partial charge in [0.15, 0.2) is 19.7 Å². The molecule has 2 aromatic carbocycles. The minimum Gasteiger partial charge on any atom is -0.378 e. The van der Waals surface area contributed by atoms with Crippen LogP contribution in [-0.2, 0) is 55.9 Å². The van der Waals surface area contributed by atoms with Crippen LogP contribution < -0.4 is 10.6 Å². The van der Waals surface area contributed by atoms with E-state index in [4.69, 9.17) is 4.74 Å². The Labute approximate surface area is 245 Å². The van der Waals surface area contributed by atoms with Gasteiger partial charge in [-0.15, -0.1) is 0 Å². The minimum absolute atomic E-state index is 0.0806. The maximum absolute atomic E-state index is 12.7. The Morgan fingerprint density at radius 3 is 2.14 bits per heavy atom. The highest BCUT2D eigenvalue weighted by Crippen LogP contribution is 2.30. The molecule has 2 atom stereocenters. The summed E-state index contributed by atoms with van der Waals surface area (Å²) >= 11 is 0. The molecule has 2 aliphatic rings. The largest absolute Gasteiger partial charge is 0.378 e. The lowest BCUT2D eigenvalue weighted by molar-refractivity contribution is -0.140. The molecule has 1 saturated heterocycles. The molecule has 1 fully saturated rings. The molecule has 2 N–H and O–H groups in total. The van der Waals surface area contributed by atoms with Crippen molar-refractivity contribution < 1.29 is 40.8 Å². The molecular formula is C28H35N3O9S2. The van der Waals surface area contributed by atoms with Crippen molar-refractivity contribution in [1.82, 2.24) is 15.5 Å². The van der Waals surface area contributed by atoms with E-state index >= 15 is 0 Å². The van der Waals surface area contributed by atoms with Crippen molar-refractivity contribution in [2.75, 3.05) is 32.6 Å². The second kappa shape index (κ2) is 14.5. The highest BCUT2D eigenvalue weighted by molar-refractivity contribution is 7.92. The Balaban J connectivity index is 0.000000401. The Morgan fingerprint density at radius 2 is 1.60 bits per heavy atom. The van der Waals surface area contributed by atoms with E-state index < -0.39 is 60.9 Å². The van der Waals surface area contributed by atoms with Crippen LogP contribution in [0.25, 0.3) is 0 Å². The standard InChI is InChI=1S/C21H29N3O7S.C7H6O2S/c1-3-16(19(26)21(28)22-14-15-7-5-4-6-8-15)23-20(27)17(32(2,29)30)13-18(25)24-9-11-31-12-10-24;8-10(9)5-6-3-1-2-4-7(6)10/h4-8,16-17H,3,9-14H2,1-2H3,(H,22,28)(H,23,27);1-4H,5H2/t16-,17?;/m0./s1. The molecule has 42 heavy (non-hydrogen) atoms. The van der Waals surface area contributed by atoms with Gasteiger partial charge in [0.1, 0.15) is 5.25 Å². The summed E-state index contributed by atoms with van der Waals surface area (Å²) in [6.45, 7) is 3.03. The molecule has 4 rings (SSSR count). The molecule has 0 radical (unpaired) electrons. The fourth-order valence-electron chi connectivity index (χ4n) is 4.31. The summed E-state index contributed by atoms with van der Waals surface area (Å²) in [5.74, 6) is -3.02. The number of nitrogens with zero attached hydrogens (tertiary/aromatic N) is 1. The molecule has 2 heterocycles. The van der Waals surface area contributed by atoms with Crippen LogP contribution in [0.1, 0.15) is 30.9 Å². The van der Waals surface area contributed by atoms with Crippen LogP contribution in [0.5, 0.6) is 0 Å². The maximum Gasteiger partial charge on any atom is 0.289 e. The van der Waals surface area contributed by atoms with Gasteiger partial charge in [-0.25, -0.2) is 16.8 Å². The number of sulfone groups is 2. The van der Waals surface area contributed by atoms with Crippen LogP contribution in [0.3, 0.4) is 0 Å². The first kappa shape index (κ1) is 32.9. The summed E-state index contributed by atoms with van der Waals surface area (Å²) in [7, 11) is -6.79. The van der Waals surface area contributed by atoms with Gasteiger partial charge in [0, 0.05) is 25.9 Å². The lowest BCUT2D eigenvalue weighted by atomic mass is 10.1. The highest BCUT2D eigenvalue weighted by atomic mass is 32.2. The number of amides is 3. The van der Waals surface area contributed by atoms with Crippen LogP contribution in [0, 0.1) is 0 Å². The summed E-state index contributed by atoms with van der Waals surface area (Å²) in [4.78, 5) is 51.9. The molecule has 3 amide bonds. The maximum atomic E-state index is 12.7. The number of benzene rings is 2. The number of ketones is 1. The number of hydrogen-bond donors (Lipinski definition) is 2. The monoisotopic (exact) mass is 621 g/mol. The minimum atomic E-state index is -3.95. The zero-order valence-electron chi connectivity index (χ0n) is 23.4. The van der Waals surface area contributed by atoms with Crippen LogP contribution >= 0.6 is 0 Å². The number of Topliss-reactive ketones (excluding diaryl/α,β-unsaturated/α-hetero) is 1. The highest BCUT2D eigenvalue weighted by Gasteiger charge is 2.36. The van der Waals surface area contributed by atoms with Gasteiger partial charge in [0.2, 0.25) is 17.6 Å². The first-order valence-corrected chi connectivity index (χ1v) is 17.0. The lowest BCUT2D eigenvalue weighted by Gasteiger charge is -2.28. The average Bonchev–Trinajstić information content (AvgIpc) is 2.97. The Morgan fingerprint density at radius 1 is 0.976 bits per heavy atom. The van der Waals surface area contributed by atoms with Crippen LogP contribution in [-0.4, -0.2) is 89.1 Å². The molecule has 2 aliphatic heterocycles. The molecule has 0 aromatic heterocycles. The SMILES string of the molecule is CC[C@H](NC(=O)C(CC(=O)N1CCOCC1)S(C)(=O)=O)C(=O)C(=O)NCc1ccccc1.O=S1(=O)Cc2ccccc21. The summed E-state index contributed by atoms with van der Waals surface area (Å²) in [5.41, 5.74) is 1.74. The topological polar surface area (TPSA) is 173 Å². The van der Waals surface area contributed by atoms with E-state index in [1.807, 2.05) is 18.2 Å². The van der Waals surface area contributed by atoms with Crippen LogP contribution in [0.2, 0.25) is 0 Å². The number of carbonyl (C=O) groups is 4. The molecule has 2 aromatic rings. The van der Waals surface area contributed by atoms with E-state index in [1.54, 1.807) is 43.3 Å². The van der Waals surface area contributed by atoms with Gasteiger partial charge in [-0.2, -0.15) is 0 Å². The first-order chi connectivity index (χ1) is 19.8. The van der Waals surface area contributed by atoms with E-state index in [9.17, 15) is 36.0 Å². The third-order valence-corrected chi connectivity index (χ3v) is 9.92. The number of fused-ring (bicyclic) bond motifs is 1. The van der Waals surface area contributed by atoms with Crippen molar-refractivity contribution >= 4 is 43.2 Å². The fourth-order valence-corrected chi connectivity index (χ4v) is 6.61. The normalized spacial score (nSPS) is 16.8. The van der Waals surface area contributed by atoms with E-state index in [1.165, 1.54) is 4.90 Å². The predicted octanol–water partition coefficient (Wildman–Crippen LogP) is 0.403. The number of hydrogen-bond acceptors (Lipinski definition) is 9. The fraction of sp³-hybridized carbons (Fsp3) is 0.429. The van der Waals surface area contributed by atoms with Crippen LogP contribution in [0.4, 0.5) is 0 Å². The van der Waals surface area contributed by atoms with Gasteiger partial charge in [0.25, 0.3) is 5.91 Å². The molecule has 0 saturated carbocycles. The van der Waals surface area contributed by atoms with Crippen molar-refractivity contribution in [3.05, 3.63) is 65.7 Å². The summed E-state index contributed by atoms with van der Waals surface area (Å²) < 4.78 is 51.4. The summed E-state index contributed by atoms with van der Waals surface area (Å²) in [5, 5.41) is 3.17. The van der Waals surface area contributed by atoms with E-state index in [-0.39, 0.29) is 18.7 Å². The molecule has 14 heteroatoms. The molecule has 0 bridgehead atoms. The Kier molecular flexibility index (Phi) is 11.4. The van der Waals surface area contributed by atoms with Gasteiger partial charge in [-0.3, -0.25) is 19.2 Å². The first-order valence-electron chi connectivity index (χ1n) is 13.3. The Bertz CT molecular complexity index is 1500. The van der Waals surface area contributed by atoms with E-state index in [2.05, 4.69) is 10.6 Å². The molecule has 228 valence electrons. The Hall–Kier alpha value is -3.62. The third-order valence-electron chi connectivity index (χ3n) is 6.75. The number of rotatable bonds is 10. The van der Waals surface area contributed by atoms with Gasteiger partial charge < -0.3 is 20.3 Å². The second-order valence-electron chi connectivity index (χ2n) is 9.88. The zero-order valence-corrected chi connectivity index (χ0v) is 25.1. The number of nitrogens with one attached hydrogen (secondary N) is 2. The van der Waals surface area contributed by atoms with Crippen molar-refractivity contribution in [1.29, 1.82) is 0 Å². The average molecular weight is 622 g/mol. The summed E-state index contributed by atoms with van der Waals surface area (Å²) in [6, 6.07) is 14.9. The van der Waals surface area contributed by atoms with Gasteiger partial charge in [0.05, 0.1) is 36.3 Å². The smallest absolute Gasteiger partial charge is 0.289 e. The van der Waals surface area contributed by atoms with Crippen LogP contribution in [0.15, 0.2) is 59.5 Å². The molecule has 12 nitrogen and oxygen atoms in total. The van der Waals surface area contributed by atoms with Gasteiger partial charge in [-0.1, -0.05) is 55.5 Å². The molecule has 0 spiro atoms.